The molecule has 0 saturated carbocycles. The van der Waals surface area contributed by atoms with Gasteiger partial charge in [-0.2, -0.15) is 0 Å². The zero-order chi connectivity index (χ0) is 13.5. The van der Waals surface area contributed by atoms with Crippen LogP contribution >= 0.6 is 0 Å². The third kappa shape index (κ3) is 4.28. The van der Waals surface area contributed by atoms with Crippen LogP contribution in [0.15, 0.2) is 54.6 Å². The standard InChI is InChI=1S/C15H16O4/c16-10-12(17)11-18-13-6-8-15(9-7-13)19-14-4-2-1-3-5-14/h1-9,12,16-17H,10-11H2. The predicted octanol–water partition coefficient (Wildman–Crippen LogP) is 2.21. The number of benzene rings is 2. The van der Waals surface area contributed by atoms with Crippen molar-refractivity contribution in [3.8, 4) is 17.2 Å². The van der Waals surface area contributed by atoms with E-state index in [-0.39, 0.29) is 13.2 Å². The summed E-state index contributed by atoms with van der Waals surface area (Å²) in [5.74, 6) is 2.10. The second-order valence-corrected chi connectivity index (χ2v) is 4.03. The van der Waals surface area contributed by atoms with Gasteiger partial charge in [-0.3, -0.25) is 0 Å². The molecule has 1 unspecified atom stereocenters. The van der Waals surface area contributed by atoms with Gasteiger partial charge in [0.2, 0.25) is 0 Å². The number of para-hydroxylation sites is 1. The second-order valence-electron chi connectivity index (χ2n) is 4.03. The van der Waals surface area contributed by atoms with Gasteiger partial charge in [0.25, 0.3) is 0 Å². The summed E-state index contributed by atoms with van der Waals surface area (Å²) < 4.78 is 10.9. The normalized spacial score (nSPS) is 11.9. The Morgan fingerprint density at radius 2 is 1.42 bits per heavy atom. The molecular weight excluding hydrogens is 244 g/mol. The topological polar surface area (TPSA) is 58.9 Å². The molecule has 4 heteroatoms. The van der Waals surface area contributed by atoms with Crippen LogP contribution in [0, 0.1) is 0 Å². The number of aliphatic hydroxyl groups excluding tert-OH is 2. The van der Waals surface area contributed by atoms with Gasteiger partial charge in [-0.25, -0.2) is 0 Å². The molecule has 0 aliphatic heterocycles. The molecule has 0 amide bonds. The molecule has 2 aromatic rings. The molecule has 0 aromatic heterocycles. The predicted molar refractivity (Wildman–Crippen MR) is 71.5 cm³/mol. The van der Waals surface area contributed by atoms with Crippen molar-refractivity contribution in [3.05, 3.63) is 54.6 Å². The summed E-state index contributed by atoms with van der Waals surface area (Å²) in [7, 11) is 0. The first-order valence-electron chi connectivity index (χ1n) is 6.02. The van der Waals surface area contributed by atoms with Crippen molar-refractivity contribution in [1.29, 1.82) is 0 Å². The average molecular weight is 260 g/mol. The van der Waals surface area contributed by atoms with Gasteiger partial charge in [0.1, 0.15) is 30.0 Å². The van der Waals surface area contributed by atoms with Crippen molar-refractivity contribution in [2.24, 2.45) is 0 Å². The molecule has 100 valence electrons. The summed E-state index contributed by atoms with van der Waals surface area (Å²) in [4.78, 5) is 0. The van der Waals surface area contributed by atoms with E-state index in [0.29, 0.717) is 11.5 Å². The van der Waals surface area contributed by atoms with Crippen molar-refractivity contribution in [3.63, 3.8) is 0 Å². The largest absolute Gasteiger partial charge is 0.491 e. The lowest BCUT2D eigenvalue weighted by molar-refractivity contribution is 0.0536. The number of aliphatic hydroxyl groups is 2. The third-order valence-corrected chi connectivity index (χ3v) is 2.46. The van der Waals surface area contributed by atoms with Gasteiger partial charge in [0.15, 0.2) is 0 Å². The molecule has 0 bridgehead atoms. The smallest absolute Gasteiger partial charge is 0.127 e. The van der Waals surface area contributed by atoms with E-state index in [1.165, 1.54) is 0 Å². The lowest BCUT2D eigenvalue weighted by atomic mass is 10.3. The van der Waals surface area contributed by atoms with Crippen molar-refractivity contribution >= 4 is 0 Å². The van der Waals surface area contributed by atoms with Crippen LogP contribution < -0.4 is 9.47 Å². The summed E-state index contributed by atoms with van der Waals surface area (Å²) in [6.07, 6.45) is -0.861. The van der Waals surface area contributed by atoms with Crippen LogP contribution in [0.25, 0.3) is 0 Å². The van der Waals surface area contributed by atoms with Crippen molar-refractivity contribution in [1.82, 2.24) is 0 Å². The highest BCUT2D eigenvalue weighted by Crippen LogP contribution is 2.23. The minimum absolute atomic E-state index is 0.0649. The van der Waals surface area contributed by atoms with Crippen LogP contribution in [0.1, 0.15) is 0 Å². The van der Waals surface area contributed by atoms with E-state index in [1.807, 2.05) is 30.3 Å². The Labute approximate surface area is 111 Å². The first kappa shape index (κ1) is 13.4. The van der Waals surface area contributed by atoms with Gasteiger partial charge < -0.3 is 19.7 Å². The quantitative estimate of drug-likeness (QED) is 0.836. The summed E-state index contributed by atoms with van der Waals surface area (Å²) in [5.41, 5.74) is 0. The maximum atomic E-state index is 9.17. The summed E-state index contributed by atoms with van der Waals surface area (Å²) in [5, 5.41) is 17.8. The average Bonchev–Trinajstić information content (AvgIpc) is 2.47. The Kier molecular flexibility index (Phi) is 4.78. The first-order valence-corrected chi connectivity index (χ1v) is 6.02. The van der Waals surface area contributed by atoms with E-state index in [1.54, 1.807) is 24.3 Å². The van der Waals surface area contributed by atoms with Crippen LogP contribution in [-0.2, 0) is 0 Å². The summed E-state index contributed by atoms with van der Waals surface area (Å²) in [6.45, 7) is -0.245. The number of hydrogen-bond donors (Lipinski definition) is 2. The van der Waals surface area contributed by atoms with E-state index in [0.717, 1.165) is 5.75 Å². The maximum absolute atomic E-state index is 9.17. The molecule has 2 N–H and O–H groups in total. The van der Waals surface area contributed by atoms with Crippen molar-refractivity contribution in [2.75, 3.05) is 13.2 Å². The molecular formula is C15H16O4. The molecule has 0 heterocycles. The Bertz CT molecular complexity index is 481. The Morgan fingerprint density at radius 3 is 2.05 bits per heavy atom. The molecule has 19 heavy (non-hydrogen) atoms. The van der Waals surface area contributed by atoms with Gasteiger partial charge in [-0.15, -0.1) is 0 Å². The highest BCUT2D eigenvalue weighted by Gasteiger charge is 2.03. The Hall–Kier alpha value is -2.04. The fraction of sp³-hybridized carbons (Fsp3) is 0.200. The van der Waals surface area contributed by atoms with Gasteiger partial charge in [0, 0.05) is 0 Å². The monoisotopic (exact) mass is 260 g/mol. The molecule has 2 aromatic carbocycles. The molecule has 0 aliphatic rings. The lowest BCUT2D eigenvalue weighted by Gasteiger charge is -2.10. The highest BCUT2D eigenvalue weighted by atomic mass is 16.5. The molecule has 1 atom stereocenters. The third-order valence-electron chi connectivity index (χ3n) is 2.46. The van der Waals surface area contributed by atoms with E-state index in [4.69, 9.17) is 19.7 Å². The zero-order valence-electron chi connectivity index (χ0n) is 10.4. The minimum atomic E-state index is -0.861. The van der Waals surface area contributed by atoms with Crippen LogP contribution in [0.5, 0.6) is 17.2 Å². The summed E-state index contributed by atoms with van der Waals surface area (Å²) in [6, 6.07) is 16.6. The van der Waals surface area contributed by atoms with Crippen LogP contribution in [0.4, 0.5) is 0 Å². The number of rotatable bonds is 6. The van der Waals surface area contributed by atoms with E-state index >= 15 is 0 Å². The molecule has 4 nitrogen and oxygen atoms in total. The molecule has 0 radical (unpaired) electrons. The van der Waals surface area contributed by atoms with Gasteiger partial charge >= 0.3 is 0 Å². The number of ether oxygens (including phenoxy) is 2. The molecule has 0 saturated heterocycles. The molecule has 0 spiro atoms. The second kappa shape index (κ2) is 6.78. The van der Waals surface area contributed by atoms with Gasteiger partial charge in [-0.05, 0) is 36.4 Å². The maximum Gasteiger partial charge on any atom is 0.127 e. The number of hydrogen-bond acceptors (Lipinski definition) is 4. The minimum Gasteiger partial charge on any atom is -0.491 e. The Morgan fingerprint density at radius 1 is 0.842 bits per heavy atom. The highest BCUT2D eigenvalue weighted by molar-refractivity contribution is 5.35. The van der Waals surface area contributed by atoms with Crippen LogP contribution in [0.2, 0.25) is 0 Å². The van der Waals surface area contributed by atoms with E-state index < -0.39 is 6.10 Å². The van der Waals surface area contributed by atoms with E-state index in [9.17, 15) is 0 Å². The molecule has 2 rings (SSSR count). The fourth-order valence-corrected chi connectivity index (χ4v) is 1.47. The van der Waals surface area contributed by atoms with E-state index in [2.05, 4.69) is 0 Å². The van der Waals surface area contributed by atoms with Crippen LogP contribution in [-0.4, -0.2) is 29.5 Å². The Balaban J connectivity index is 1.91. The SMILES string of the molecule is OCC(O)COc1ccc(Oc2ccccc2)cc1. The fourth-order valence-electron chi connectivity index (χ4n) is 1.47. The summed E-state index contributed by atoms with van der Waals surface area (Å²) >= 11 is 0. The molecule has 0 aliphatic carbocycles. The first-order chi connectivity index (χ1) is 9.28. The zero-order valence-corrected chi connectivity index (χ0v) is 10.4. The van der Waals surface area contributed by atoms with Gasteiger partial charge in [0.05, 0.1) is 6.61 Å². The lowest BCUT2D eigenvalue weighted by Crippen LogP contribution is -2.21. The van der Waals surface area contributed by atoms with Crippen molar-refractivity contribution in [2.45, 2.75) is 6.10 Å². The van der Waals surface area contributed by atoms with Crippen LogP contribution in [0.3, 0.4) is 0 Å². The molecule has 0 fully saturated rings. The van der Waals surface area contributed by atoms with Crippen molar-refractivity contribution < 1.29 is 19.7 Å². The van der Waals surface area contributed by atoms with Gasteiger partial charge in [-0.1, -0.05) is 18.2 Å².